The lowest BCUT2D eigenvalue weighted by molar-refractivity contribution is -0.145. The van der Waals surface area contributed by atoms with Crippen molar-refractivity contribution in [1.29, 1.82) is 0 Å². The molecular weight excluding hydrogens is 236 g/mol. The van der Waals surface area contributed by atoms with E-state index in [0.717, 1.165) is 25.8 Å². The fraction of sp³-hybridized carbons (Fsp3) is 0.833. The zero-order valence-electron chi connectivity index (χ0n) is 10.6. The topological polar surface area (TPSA) is 78.9 Å². The van der Waals surface area contributed by atoms with Gasteiger partial charge in [-0.05, 0) is 19.4 Å². The first kappa shape index (κ1) is 13.3. The van der Waals surface area contributed by atoms with Gasteiger partial charge in [0.15, 0.2) is 0 Å². The minimum Gasteiger partial charge on any atom is -0.481 e. The second kappa shape index (κ2) is 5.67. The Labute approximate surface area is 106 Å². The standard InChI is InChI=1S/C12H20N2O4/c1-14(10-7-18-6-8(10)12(16)17)11(15)9-4-2-3-5-13-9/h8-10,13H,2-7H2,1H3,(H,16,17). The van der Waals surface area contributed by atoms with Crippen LogP contribution in [0, 0.1) is 5.92 Å². The van der Waals surface area contributed by atoms with Crippen LogP contribution in [0.2, 0.25) is 0 Å². The SMILES string of the molecule is CN(C(=O)C1CCCCN1)C1COCC1C(=O)O. The van der Waals surface area contributed by atoms with Crippen molar-refractivity contribution in [2.45, 2.75) is 31.3 Å². The van der Waals surface area contributed by atoms with E-state index < -0.39 is 11.9 Å². The number of rotatable bonds is 3. The third-order valence-electron chi connectivity index (χ3n) is 3.82. The van der Waals surface area contributed by atoms with Gasteiger partial charge in [-0.1, -0.05) is 6.42 Å². The van der Waals surface area contributed by atoms with Crippen LogP contribution in [0.3, 0.4) is 0 Å². The van der Waals surface area contributed by atoms with Crippen LogP contribution in [0.4, 0.5) is 0 Å². The summed E-state index contributed by atoms with van der Waals surface area (Å²) in [6.45, 7) is 1.36. The van der Waals surface area contributed by atoms with Crippen LogP contribution in [-0.4, -0.2) is 60.8 Å². The molecule has 18 heavy (non-hydrogen) atoms. The Kier molecular flexibility index (Phi) is 4.19. The molecule has 102 valence electrons. The largest absolute Gasteiger partial charge is 0.481 e. The Morgan fingerprint density at radius 1 is 1.33 bits per heavy atom. The molecule has 2 saturated heterocycles. The van der Waals surface area contributed by atoms with Crippen LogP contribution in [0.5, 0.6) is 0 Å². The fourth-order valence-electron chi connectivity index (χ4n) is 2.63. The summed E-state index contributed by atoms with van der Waals surface area (Å²) in [6, 6.07) is -0.516. The van der Waals surface area contributed by atoms with Gasteiger partial charge in [0, 0.05) is 7.05 Å². The molecular formula is C12H20N2O4. The highest BCUT2D eigenvalue weighted by Gasteiger charge is 2.39. The molecule has 2 aliphatic rings. The van der Waals surface area contributed by atoms with E-state index >= 15 is 0 Å². The van der Waals surface area contributed by atoms with Gasteiger partial charge in [0.2, 0.25) is 5.91 Å². The quantitative estimate of drug-likeness (QED) is 0.724. The van der Waals surface area contributed by atoms with E-state index in [-0.39, 0.29) is 24.6 Å². The lowest BCUT2D eigenvalue weighted by atomic mass is 9.99. The van der Waals surface area contributed by atoms with Gasteiger partial charge in [0.25, 0.3) is 0 Å². The maximum Gasteiger partial charge on any atom is 0.311 e. The average molecular weight is 256 g/mol. The second-order valence-corrected chi connectivity index (χ2v) is 5.00. The van der Waals surface area contributed by atoms with Crippen molar-refractivity contribution in [3.63, 3.8) is 0 Å². The monoisotopic (exact) mass is 256 g/mol. The van der Waals surface area contributed by atoms with Crippen LogP contribution in [0.15, 0.2) is 0 Å². The summed E-state index contributed by atoms with van der Waals surface area (Å²) < 4.78 is 5.19. The molecule has 0 aromatic rings. The van der Waals surface area contributed by atoms with Gasteiger partial charge < -0.3 is 20.1 Å². The van der Waals surface area contributed by atoms with Crippen molar-refractivity contribution in [3.8, 4) is 0 Å². The van der Waals surface area contributed by atoms with Crippen LogP contribution in [-0.2, 0) is 14.3 Å². The molecule has 3 unspecified atom stereocenters. The normalized spacial score (nSPS) is 32.2. The number of hydrogen-bond donors (Lipinski definition) is 2. The van der Waals surface area contributed by atoms with Gasteiger partial charge in [-0.2, -0.15) is 0 Å². The highest BCUT2D eigenvalue weighted by molar-refractivity contribution is 5.83. The van der Waals surface area contributed by atoms with Gasteiger partial charge in [-0.25, -0.2) is 0 Å². The van der Waals surface area contributed by atoms with Gasteiger partial charge >= 0.3 is 5.97 Å². The number of nitrogens with one attached hydrogen (secondary N) is 1. The number of carbonyl (C=O) groups is 2. The molecule has 2 rings (SSSR count). The van der Waals surface area contributed by atoms with E-state index in [0.29, 0.717) is 6.61 Å². The van der Waals surface area contributed by atoms with E-state index in [1.165, 1.54) is 0 Å². The molecule has 0 saturated carbocycles. The number of nitrogens with zero attached hydrogens (tertiary/aromatic N) is 1. The van der Waals surface area contributed by atoms with Crippen molar-refractivity contribution < 1.29 is 19.4 Å². The first-order valence-corrected chi connectivity index (χ1v) is 6.42. The predicted octanol–water partition coefficient (Wildman–Crippen LogP) is -0.313. The summed E-state index contributed by atoms with van der Waals surface area (Å²) >= 11 is 0. The van der Waals surface area contributed by atoms with Crippen molar-refractivity contribution in [2.75, 3.05) is 26.8 Å². The van der Waals surface area contributed by atoms with Gasteiger partial charge in [-0.3, -0.25) is 9.59 Å². The summed E-state index contributed by atoms with van der Waals surface area (Å²) in [5.41, 5.74) is 0. The van der Waals surface area contributed by atoms with Crippen molar-refractivity contribution in [1.82, 2.24) is 10.2 Å². The molecule has 2 aliphatic heterocycles. The number of amides is 1. The number of carboxylic acids is 1. The number of carbonyl (C=O) groups excluding carboxylic acids is 1. The minimum absolute atomic E-state index is 0.0172. The molecule has 3 atom stereocenters. The van der Waals surface area contributed by atoms with Crippen LogP contribution < -0.4 is 5.32 Å². The number of likely N-dealkylation sites (N-methyl/N-ethyl adjacent to an activating group) is 1. The number of hydrogen-bond acceptors (Lipinski definition) is 4. The van der Waals surface area contributed by atoms with Crippen LogP contribution in [0.1, 0.15) is 19.3 Å². The van der Waals surface area contributed by atoms with Crippen LogP contribution >= 0.6 is 0 Å². The Hall–Kier alpha value is -1.14. The predicted molar refractivity (Wildman–Crippen MR) is 64.1 cm³/mol. The number of carboxylic acid groups (broad SMARTS) is 1. The average Bonchev–Trinajstić information content (AvgIpc) is 2.87. The molecule has 2 fully saturated rings. The van der Waals surface area contributed by atoms with Crippen molar-refractivity contribution in [2.24, 2.45) is 5.92 Å². The third-order valence-corrected chi connectivity index (χ3v) is 3.82. The highest BCUT2D eigenvalue weighted by atomic mass is 16.5. The van der Waals surface area contributed by atoms with Crippen LogP contribution in [0.25, 0.3) is 0 Å². The second-order valence-electron chi connectivity index (χ2n) is 5.00. The summed E-state index contributed by atoms with van der Waals surface area (Å²) in [5, 5.41) is 12.3. The molecule has 0 bridgehead atoms. The first-order chi connectivity index (χ1) is 8.61. The maximum absolute atomic E-state index is 12.3. The number of aliphatic carboxylic acids is 1. The molecule has 6 heteroatoms. The van der Waals surface area contributed by atoms with E-state index in [4.69, 9.17) is 9.84 Å². The Morgan fingerprint density at radius 2 is 2.11 bits per heavy atom. The van der Waals surface area contributed by atoms with E-state index in [9.17, 15) is 9.59 Å². The summed E-state index contributed by atoms with van der Waals surface area (Å²) in [6.07, 6.45) is 2.97. The number of piperidine rings is 1. The maximum atomic E-state index is 12.3. The smallest absolute Gasteiger partial charge is 0.311 e. The van der Waals surface area contributed by atoms with Gasteiger partial charge in [0.05, 0.1) is 25.3 Å². The molecule has 1 amide bonds. The number of ether oxygens (including phenoxy) is 1. The molecule has 6 nitrogen and oxygen atoms in total. The zero-order chi connectivity index (χ0) is 13.1. The Bertz CT molecular complexity index is 328. The third kappa shape index (κ3) is 2.64. The summed E-state index contributed by atoms with van der Waals surface area (Å²) in [7, 11) is 1.67. The lowest BCUT2D eigenvalue weighted by Crippen LogP contribution is -2.52. The summed E-state index contributed by atoms with van der Waals surface area (Å²) in [5.74, 6) is -1.52. The van der Waals surface area contributed by atoms with Gasteiger partial charge in [0.1, 0.15) is 5.92 Å². The Balaban J connectivity index is 1.98. The van der Waals surface area contributed by atoms with E-state index in [1.54, 1.807) is 11.9 Å². The molecule has 0 aromatic heterocycles. The van der Waals surface area contributed by atoms with Crippen molar-refractivity contribution >= 4 is 11.9 Å². The minimum atomic E-state index is -0.895. The molecule has 0 radical (unpaired) electrons. The molecule has 0 aliphatic carbocycles. The van der Waals surface area contributed by atoms with E-state index in [1.807, 2.05) is 0 Å². The first-order valence-electron chi connectivity index (χ1n) is 6.42. The molecule has 0 aromatic carbocycles. The summed E-state index contributed by atoms with van der Waals surface area (Å²) in [4.78, 5) is 24.9. The highest BCUT2D eigenvalue weighted by Crippen LogP contribution is 2.21. The Morgan fingerprint density at radius 3 is 2.72 bits per heavy atom. The molecule has 2 N–H and O–H groups in total. The van der Waals surface area contributed by atoms with Crippen molar-refractivity contribution in [3.05, 3.63) is 0 Å². The van der Waals surface area contributed by atoms with Gasteiger partial charge in [-0.15, -0.1) is 0 Å². The molecule has 0 spiro atoms. The van der Waals surface area contributed by atoms with E-state index in [2.05, 4.69) is 5.32 Å². The fourth-order valence-corrected chi connectivity index (χ4v) is 2.63. The molecule has 2 heterocycles. The zero-order valence-corrected chi connectivity index (χ0v) is 10.6. The lowest BCUT2D eigenvalue weighted by Gasteiger charge is -2.32.